The number of esters is 1. The van der Waals surface area contributed by atoms with Gasteiger partial charge in [0.05, 0.1) is 16.6 Å². The van der Waals surface area contributed by atoms with E-state index in [0.29, 0.717) is 30.0 Å². The molecule has 0 bridgehead atoms. The van der Waals surface area contributed by atoms with Crippen LogP contribution in [0.15, 0.2) is 90.0 Å². The van der Waals surface area contributed by atoms with Gasteiger partial charge in [-0.05, 0) is 100 Å². The number of aliphatic hydroxyl groups excluding tert-OH is 1. The smallest absolute Gasteiger partial charge is 0.338 e. The van der Waals surface area contributed by atoms with Gasteiger partial charge in [-0.2, -0.15) is 0 Å². The van der Waals surface area contributed by atoms with E-state index >= 15 is 0 Å². The molecule has 1 fully saturated rings. The first-order chi connectivity index (χ1) is 21.6. The number of benzene rings is 3. The Morgan fingerprint density at radius 1 is 0.956 bits per heavy atom. The van der Waals surface area contributed by atoms with Gasteiger partial charge in [0.2, 0.25) is 0 Å². The summed E-state index contributed by atoms with van der Waals surface area (Å²) in [4.78, 5) is 15.2. The molecule has 240 valence electrons. The van der Waals surface area contributed by atoms with Crippen molar-refractivity contribution in [1.29, 1.82) is 0 Å². The number of β-amino-alcohol motifs (C(OH)–C–C–N with tert-alkyl or cyclic N) is 1. The normalized spacial score (nSPS) is 15.2. The first kappa shape index (κ1) is 32.7. The second kappa shape index (κ2) is 14.6. The third-order valence-corrected chi connectivity index (χ3v) is 9.82. The fraction of sp³-hybridized carbons (Fsp3) is 0.400. The Morgan fingerprint density at radius 3 is 2.51 bits per heavy atom. The summed E-state index contributed by atoms with van der Waals surface area (Å²) in [5, 5.41) is 15.4. The zero-order valence-electron chi connectivity index (χ0n) is 26.1. The van der Waals surface area contributed by atoms with E-state index in [4.69, 9.17) is 4.74 Å². The highest BCUT2D eigenvalue weighted by molar-refractivity contribution is 7.92. The number of aromatic nitrogens is 1. The average molecular weight is 633 g/mol. The molecule has 0 amide bonds. The maximum Gasteiger partial charge on any atom is 0.338 e. The van der Waals surface area contributed by atoms with Crippen LogP contribution in [-0.2, 0) is 21.3 Å². The van der Waals surface area contributed by atoms with E-state index in [-0.39, 0.29) is 16.4 Å². The van der Waals surface area contributed by atoms with Gasteiger partial charge in [0, 0.05) is 48.0 Å². The van der Waals surface area contributed by atoms with Gasteiger partial charge < -0.3 is 19.7 Å². The summed E-state index contributed by atoms with van der Waals surface area (Å²) in [6, 6.07) is 22.7. The zero-order valence-corrected chi connectivity index (χ0v) is 26.9. The number of nitrogens with one attached hydrogen (secondary N) is 2. The number of anilines is 1. The van der Waals surface area contributed by atoms with Crippen molar-refractivity contribution < 1.29 is 23.1 Å². The number of likely N-dealkylation sites (tertiary alicyclic amines) is 1. The molecule has 5 rings (SSSR count). The number of fused-ring (bicyclic) bond motifs is 1. The first-order valence-electron chi connectivity index (χ1n) is 15.7. The minimum Gasteiger partial charge on any atom is -0.461 e. The number of sulfonamides is 1. The van der Waals surface area contributed by atoms with Gasteiger partial charge in [-0.1, -0.05) is 36.8 Å². The van der Waals surface area contributed by atoms with Gasteiger partial charge in [-0.15, -0.1) is 0 Å². The molecule has 9 nitrogen and oxygen atoms in total. The second-order valence-electron chi connectivity index (χ2n) is 12.4. The number of piperidine rings is 1. The van der Waals surface area contributed by atoms with E-state index in [2.05, 4.69) is 33.4 Å². The molecule has 45 heavy (non-hydrogen) atoms. The topological polar surface area (TPSA) is 113 Å². The predicted molar refractivity (Wildman–Crippen MR) is 178 cm³/mol. The number of ether oxygens (including phenoxy) is 1. The van der Waals surface area contributed by atoms with Crippen molar-refractivity contribution in [3.05, 3.63) is 96.2 Å². The molecule has 0 unspecified atom stereocenters. The van der Waals surface area contributed by atoms with Crippen LogP contribution in [0.25, 0.3) is 10.9 Å². The van der Waals surface area contributed by atoms with Crippen molar-refractivity contribution in [2.75, 3.05) is 37.5 Å². The number of hydrogen-bond donors (Lipinski definition) is 3. The molecule has 0 aliphatic carbocycles. The predicted octanol–water partition coefficient (Wildman–Crippen LogP) is 5.58. The van der Waals surface area contributed by atoms with E-state index in [1.54, 1.807) is 42.5 Å². The van der Waals surface area contributed by atoms with Gasteiger partial charge in [0.25, 0.3) is 10.0 Å². The highest BCUT2D eigenvalue weighted by Crippen LogP contribution is 2.23. The van der Waals surface area contributed by atoms with Crippen molar-refractivity contribution >= 4 is 32.6 Å². The lowest BCUT2D eigenvalue weighted by atomic mass is 9.99. The molecular formula is C35H44N4O5S. The number of carbonyl (C=O) groups is 1. The van der Waals surface area contributed by atoms with Crippen LogP contribution in [0.1, 0.15) is 61.6 Å². The van der Waals surface area contributed by atoms with E-state index in [1.807, 2.05) is 30.5 Å². The monoisotopic (exact) mass is 632 g/mol. The molecule has 3 N–H and O–H groups in total. The van der Waals surface area contributed by atoms with E-state index in [1.165, 1.54) is 31.4 Å². The Kier molecular flexibility index (Phi) is 10.6. The fourth-order valence-corrected chi connectivity index (χ4v) is 6.73. The maximum absolute atomic E-state index is 12.7. The number of rotatable bonds is 14. The highest BCUT2D eigenvalue weighted by atomic mass is 32.2. The number of aryl methyl sites for hydroxylation is 1. The summed E-state index contributed by atoms with van der Waals surface area (Å²) < 4.78 is 35.8. The molecule has 1 aliphatic heterocycles. The minimum atomic E-state index is -3.72. The van der Waals surface area contributed by atoms with Crippen LogP contribution in [0.2, 0.25) is 0 Å². The van der Waals surface area contributed by atoms with Crippen molar-refractivity contribution in [3.8, 4) is 0 Å². The molecule has 4 aromatic rings. The van der Waals surface area contributed by atoms with Gasteiger partial charge in [-0.3, -0.25) is 9.62 Å². The molecule has 0 radical (unpaired) electrons. The lowest BCUT2D eigenvalue weighted by Crippen LogP contribution is -2.42. The second-order valence-corrected chi connectivity index (χ2v) is 14.1. The van der Waals surface area contributed by atoms with Crippen LogP contribution in [-0.4, -0.2) is 67.3 Å². The zero-order chi connectivity index (χ0) is 31.9. The highest BCUT2D eigenvalue weighted by Gasteiger charge is 2.21. The summed E-state index contributed by atoms with van der Waals surface area (Å²) in [5.41, 5.74) is 2.33. The third-order valence-electron chi connectivity index (χ3n) is 8.42. The lowest BCUT2D eigenvalue weighted by Gasteiger charge is -2.28. The fourth-order valence-electron chi connectivity index (χ4n) is 5.66. The quantitative estimate of drug-likeness (QED) is 0.156. The lowest BCUT2D eigenvalue weighted by molar-refractivity contribution is 0.0452. The Hall–Kier alpha value is -3.70. The van der Waals surface area contributed by atoms with Crippen LogP contribution < -0.4 is 10.0 Å². The molecule has 1 saturated heterocycles. The SMILES string of the molecule is CC(C)(CCn1ccc2cc(C(=O)OCCN3CCCCC3)ccc21)NC[C@H](O)c1cccc(NS(=O)(=O)c2ccccc2)c1. The Labute approximate surface area is 266 Å². The number of nitrogens with zero attached hydrogens (tertiary/aromatic N) is 2. The number of aliphatic hydroxyl groups is 1. The number of carbonyl (C=O) groups excluding carboxylic acids is 1. The van der Waals surface area contributed by atoms with Crippen molar-refractivity contribution in [3.63, 3.8) is 0 Å². The minimum absolute atomic E-state index is 0.177. The van der Waals surface area contributed by atoms with Crippen LogP contribution >= 0.6 is 0 Å². The maximum atomic E-state index is 12.7. The Bertz CT molecular complexity index is 1680. The molecular weight excluding hydrogens is 588 g/mol. The van der Waals surface area contributed by atoms with Gasteiger partial charge in [0.1, 0.15) is 6.61 Å². The Morgan fingerprint density at radius 2 is 1.73 bits per heavy atom. The molecule has 3 aromatic carbocycles. The van der Waals surface area contributed by atoms with Crippen molar-refractivity contribution in [2.24, 2.45) is 0 Å². The molecule has 0 saturated carbocycles. The van der Waals surface area contributed by atoms with E-state index in [0.717, 1.165) is 43.5 Å². The average Bonchev–Trinajstić information content (AvgIpc) is 3.46. The summed E-state index contributed by atoms with van der Waals surface area (Å²) in [6.07, 6.45) is 5.72. The molecule has 1 aromatic heterocycles. The molecule has 1 aliphatic rings. The molecule has 10 heteroatoms. The standard InChI is InChI=1S/C35H44N4O5S/c1-35(2,36-26-33(40)28-10-9-11-30(25-28)37-45(42,43)31-12-5-3-6-13-31)17-21-39-20-16-27-24-29(14-15-32(27)39)34(41)44-23-22-38-18-7-4-8-19-38/h3,5-6,9-16,20,24-25,33,36-37,40H,4,7-8,17-19,21-23,26H2,1-2H3/t33-/m0/s1. The van der Waals surface area contributed by atoms with Gasteiger partial charge in [-0.25, -0.2) is 13.2 Å². The van der Waals surface area contributed by atoms with E-state index in [9.17, 15) is 18.3 Å². The third kappa shape index (κ3) is 8.94. The summed E-state index contributed by atoms with van der Waals surface area (Å²) >= 11 is 0. The molecule has 1 atom stereocenters. The van der Waals surface area contributed by atoms with E-state index < -0.39 is 16.1 Å². The van der Waals surface area contributed by atoms with Crippen molar-refractivity contribution in [1.82, 2.24) is 14.8 Å². The van der Waals surface area contributed by atoms with Crippen molar-refractivity contribution in [2.45, 2.75) is 62.6 Å². The van der Waals surface area contributed by atoms with Crippen LogP contribution in [0.4, 0.5) is 5.69 Å². The van der Waals surface area contributed by atoms with Crippen LogP contribution in [0, 0.1) is 0 Å². The van der Waals surface area contributed by atoms with Crippen LogP contribution in [0.5, 0.6) is 0 Å². The summed E-state index contributed by atoms with van der Waals surface area (Å²) in [7, 11) is -3.72. The van der Waals surface area contributed by atoms with Gasteiger partial charge in [0.15, 0.2) is 0 Å². The Balaban J connectivity index is 1.11. The molecule has 2 heterocycles. The van der Waals surface area contributed by atoms with Gasteiger partial charge >= 0.3 is 5.97 Å². The van der Waals surface area contributed by atoms with Crippen LogP contribution in [0.3, 0.4) is 0 Å². The first-order valence-corrected chi connectivity index (χ1v) is 17.2. The molecule has 0 spiro atoms. The largest absolute Gasteiger partial charge is 0.461 e. The summed E-state index contributed by atoms with van der Waals surface area (Å²) in [5.74, 6) is -0.287. The summed E-state index contributed by atoms with van der Waals surface area (Å²) in [6.45, 7) is 8.59. The number of hydrogen-bond acceptors (Lipinski definition) is 7.